The molecule has 2 N–H and O–H groups in total. The summed E-state index contributed by atoms with van der Waals surface area (Å²) in [6.45, 7) is 1.56. The largest absolute Gasteiger partial charge is 0.481 e. The second kappa shape index (κ2) is 6.92. The molecule has 1 heterocycles. The molecule has 0 spiro atoms. The van der Waals surface area contributed by atoms with Gasteiger partial charge in [0.15, 0.2) is 0 Å². The maximum Gasteiger partial charge on any atom is 0.317 e. The second-order valence-electron chi connectivity index (χ2n) is 5.83. The number of hydrogen-bond donors (Lipinski definition) is 2. The fourth-order valence-corrected chi connectivity index (χ4v) is 3.06. The van der Waals surface area contributed by atoms with Gasteiger partial charge in [0, 0.05) is 26.7 Å². The fourth-order valence-electron chi connectivity index (χ4n) is 3.06. The molecular formula is C14H24N2O4. The summed E-state index contributed by atoms with van der Waals surface area (Å²) in [5, 5.41) is 11.9. The standard InChI is InChI=1S/C14H24N2O4/c1-20-12-4-2-10(3-5-12)8-15-14(19)16-7-6-11(9-16)13(17)18/h10-12H,2-9H2,1H3,(H,15,19)(H,17,18). The van der Waals surface area contributed by atoms with Crippen molar-refractivity contribution >= 4 is 12.0 Å². The fraction of sp³-hybridized carbons (Fsp3) is 0.857. The molecular weight excluding hydrogens is 260 g/mol. The van der Waals surface area contributed by atoms with E-state index in [2.05, 4.69) is 5.32 Å². The van der Waals surface area contributed by atoms with Crippen molar-refractivity contribution < 1.29 is 19.4 Å². The van der Waals surface area contributed by atoms with Gasteiger partial charge >= 0.3 is 12.0 Å². The lowest BCUT2D eigenvalue weighted by Crippen LogP contribution is -2.41. The normalized spacial score (nSPS) is 30.2. The van der Waals surface area contributed by atoms with Crippen LogP contribution < -0.4 is 5.32 Å². The molecule has 2 rings (SSSR count). The number of nitrogens with one attached hydrogen (secondary N) is 1. The van der Waals surface area contributed by atoms with E-state index in [1.54, 1.807) is 12.0 Å². The summed E-state index contributed by atoms with van der Waals surface area (Å²) in [7, 11) is 1.75. The SMILES string of the molecule is COC1CCC(CNC(=O)N2CCC(C(=O)O)C2)CC1. The van der Waals surface area contributed by atoms with E-state index >= 15 is 0 Å². The van der Waals surface area contributed by atoms with E-state index in [9.17, 15) is 9.59 Å². The van der Waals surface area contributed by atoms with Gasteiger partial charge in [-0.05, 0) is 38.0 Å². The van der Waals surface area contributed by atoms with Crippen molar-refractivity contribution in [3.8, 4) is 0 Å². The zero-order valence-electron chi connectivity index (χ0n) is 12.0. The maximum absolute atomic E-state index is 12.0. The highest BCUT2D eigenvalue weighted by Crippen LogP contribution is 2.25. The van der Waals surface area contributed by atoms with Crippen LogP contribution in [0.4, 0.5) is 4.79 Å². The van der Waals surface area contributed by atoms with Crippen molar-refractivity contribution in [2.24, 2.45) is 11.8 Å². The van der Waals surface area contributed by atoms with Crippen LogP contribution in [0.25, 0.3) is 0 Å². The van der Waals surface area contributed by atoms with Crippen LogP contribution in [0.5, 0.6) is 0 Å². The second-order valence-corrected chi connectivity index (χ2v) is 5.83. The Hall–Kier alpha value is -1.30. The minimum atomic E-state index is -0.807. The molecule has 6 nitrogen and oxygen atoms in total. The van der Waals surface area contributed by atoms with E-state index in [1.165, 1.54) is 0 Å². The highest BCUT2D eigenvalue weighted by atomic mass is 16.5. The highest BCUT2D eigenvalue weighted by Gasteiger charge is 2.31. The minimum Gasteiger partial charge on any atom is -0.481 e. The van der Waals surface area contributed by atoms with Crippen molar-refractivity contribution in [2.45, 2.75) is 38.2 Å². The Morgan fingerprint density at radius 3 is 2.50 bits per heavy atom. The minimum absolute atomic E-state index is 0.123. The molecule has 1 saturated carbocycles. The summed E-state index contributed by atoms with van der Waals surface area (Å²) in [4.78, 5) is 24.4. The highest BCUT2D eigenvalue weighted by molar-refractivity contribution is 5.77. The Morgan fingerprint density at radius 2 is 1.95 bits per heavy atom. The molecule has 1 unspecified atom stereocenters. The molecule has 0 aromatic carbocycles. The van der Waals surface area contributed by atoms with Crippen molar-refractivity contribution in [3.05, 3.63) is 0 Å². The molecule has 20 heavy (non-hydrogen) atoms. The lowest BCUT2D eigenvalue weighted by molar-refractivity contribution is -0.141. The summed E-state index contributed by atoms with van der Waals surface area (Å²) in [5.74, 6) is -0.695. The van der Waals surface area contributed by atoms with Crippen LogP contribution in [0, 0.1) is 11.8 Å². The van der Waals surface area contributed by atoms with Gasteiger partial charge in [-0.15, -0.1) is 0 Å². The number of carboxylic acids is 1. The average Bonchev–Trinajstić information content (AvgIpc) is 2.95. The van der Waals surface area contributed by atoms with E-state index in [4.69, 9.17) is 9.84 Å². The molecule has 2 amide bonds. The summed E-state index contributed by atoms with van der Waals surface area (Å²) in [6.07, 6.45) is 5.20. The molecule has 0 radical (unpaired) electrons. The Balaban J connectivity index is 1.67. The number of ether oxygens (including phenoxy) is 1. The third kappa shape index (κ3) is 3.85. The molecule has 0 aromatic rings. The van der Waals surface area contributed by atoms with Crippen LogP contribution in [0.15, 0.2) is 0 Å². The third-order valence-electron chi connectivity index (χ3n) is 4.49. The van der Waals surface area contributed by atoms with Gasteiger partial charge in [-0.1, -0.05) is 0 Å². The number of rotatable bonds is 4. The van der Waals surface area contributed by atoms with E-state index in [0.717, 1.165) is 25.7 Å². The van der Waals surface area contributed by atoms with Crippen LogP contribution in [-0.4, -0.2) is 54.9 Å². The van der Waals surface area contributed by atoms with Gasteiger partial charge in [0.1, 0.15) is 0 Å². The number of nitrogens with zero attached hydrogens (tertiary/aromatic N) is 1. The number of amides is 2. The number of methoxy groups -OCH3 is 1. The number of likely N-dealkylation sites (tertiary alicyclic amines) is 1. The summed E-state index contributed by atoms with van der Waals surface area (Å²) in [6, 6.07) is -0.123. The topological polar surface area (TPSA) is 78.9 Å². The third-order valence-corrected chi connectivity index (χ3v) is 4.49. The summed E-state index contributed by atoms with van der Waals surface area (Å²) >= 11 is 0. The predicted molar refractivity (Wildman–Crippen MR) is 73.5 cm³/mol. The molecule has 114 valence electrons. The predicted octanol–water partition coefficient (Wildman–Crippen LogP) is 1.31. The number of urea groups is 1. The number of carbonyl (C=O) groups is 2. The first-order valence-corrected chi connectivity index (χ1v) is 7.38. The quantitative estimate of drug-likeness (QED) is 0.816. The smallest absolute Gasteiger partial charge is 0.317 e. The molecule has 0 bridgehead atoms. The van der Waals surface area contributed by atoms with Gasteiger partial charge in [0.25, 0.3) is 0 Å². The van der Waals surface area contributed by atoms with Gasteiger partial charge in [0.05, 0.1) is 12.0 Å². The van der Waals surface area contributed by atoms with Gasteiger partial charge < -0.3 is 20.1 Å². The molecule has 6 heteroatoms. The van der Waals surface area contributed by atoms with Crippen LogP contribution in [0.1, 0.15) is 32.1 Å². The average molecular weight is 284 g/mol. The monoisotopic (exact) mass is 284 g/mol. The van der Waals surface area contributed by atoms with Gasteiger partial charge in [-0.25, -0.2) is 4.79 Å². The summed E-state index contributed by atoms with van der Waals surface area (Å²) < 4.78 is 5.33. The lowest BCUT2D eigenvalue weighted by Gasteiger charge is -2.28. The molecule has 1 aliphatic carbocycles. The van der Waals surface area contributed by atoms with Crippen LogP contribution in [0.3, 0.4) is 0 Å². The van der Waals surface area contributed by atoms with E-state index < -0.39 is 11.9 Å². The van der Waals surface area contributed by atoms with Crippen molar-refractivity contribution in [1.82, 2.24) is 10.2 Å². The van der Waals surface area contributed by atoms with Crippen molar-refractivity contribution in [3.63, 3.8) is 0 Å². The first-order chi connectivity index (χ1) is 9.60. The summed E-state index contributed by atoms with van der Waals surface area (Å²) in [5.41, 5.74) is 0. The first kappa shape index (κ1) is 15.1. The van der Waals surface area contributed by atoms with Gasteiger partial charge in [0.2, 0.25) is 0 Å². The molecule has 1 atom stereocenters. The number of carbonyl (C=O) groups excluding carboxylic acids is 1. The van der Waals surface area contributed by atoms with Gasteiger partial charge in [-0.3, -0.25) is 4.79 Å². The number of hydrogen-bond acceptors (Lipinski definition) is 3. The molecule has 0 aromatic heterocycles. The van der Waals surface area contributed by atoms with E-state index in [1.807, 2.05) is 0 Å². The van der Waals surface area contributed by atoms with Crippen LogP contribution >= 0.6 is 0 Å². The Kier molecular flexibility index (Phi) is 5.23. The Morgan fingerprint density at radius 1 is 1.25 bits per heavy atom. The lowest BCUT2D eigenvalue weighted by atomic mass is 9.87. The molecule has 2 fully saturated rings. The van der Waals surface area contributed by atoms with Gasteiger partial charge in [-0.2, -0.15) is 0 Å². The molecule has 2 aliphatic rings. The zero-order valence-corrected chi connectivity index (χ0v) is 12.0. The Bertz CT molecular complexity index is 353. The van der Waals surface area contributed by atoms with E-state index in [0.29, 0.717) is 38.1 Å². The van der Waals surface area contributed by atoms with Crippen molar-refractivity contribution in [2.75, 3.05) is 26.7 Å². The first-order valence-electron chi connectivity index (χ1n) is 7.38. The Labute approximate surface area is 119 Å². The molecule has 1 aliphatic heterocycles. The van der Waals surface area contributed by atoms with E-state index in [-0.39, 0.29) is 6.03 Å². The van der Waals surface area contributed by atoms with Crippen molar-refractivity contribution in [1.29, 1.82) is 0 Å². The zero-order chi connectivity index (χ0) is 14.5. The van der Waals surface area contributed by atoms with Crippen LogP contribution in [0.2, 0.25) is 0 Å². The number of carboxylic acid groups (broad SMARTS) is 1. The number of aliphatic carboxylic acids is 1. The molecule has 1 saturated heterocycles. The van der Waals surface area contributed by atoms with Crippen LogP contribution in [-0.2, 0) is 9.53 Å². The maximum atomic E-state index is 12.0.